The van der Waals surface area contributed by atoms with Gasteiger partial charge in [-0.3, -0.25) is 9.59 Å². The molecule has 0 fully saturated rings. The molecule has 18 heavy (non-hydrogen) atoms. The maximum Gasteiger partial charge on any atom is 0.311 e. The summed E-state index contributed by atoms with van der Waals surface area (Å²) in [6, 6.07) is 6.52. The van der Waals surface area contributed by atoms with E-state index < -0.39 is 0 Å². The summed E-state index contributed by atoms with van der Waals surface area (Å²) in [5.41, 5.74) is 0. The van der Waals surface area contributed by atoms with E-state index in [4.69, 9.17) is 21.1 Å². The quantitative estimate of drug-likeness (QED) is 0.589. The Balaban J connectivity index is 2.25. The van der Waals surface area contributed by atoms with Crippen molar-refractivity contribution in [1.29, 1.82) is 0 Å². The number of hydrogen-bond acceptors (Lipinski definition) is 4. The minimum atomic E-state index is -0.373. The average Bonchev–Trinajstić information content (AvgIpc) is 2.32. The second kappa shape index (κ2) is 7.71. The van der Waals surface area contributed by atoms with Crippen LogP contribution < -0.4 is 4.74 Å². The van der Waals surface area contributed by atoms with Crippen LogP contribution in [0, 0.1) is 0 Å². The normalized spacial score (nSPS) is 9.89. The summed E-state index contributed by atoms with van der Waals surface area (Å²) in [7, 11) is 0. The number of carbonyl (C=O) groups is 2. The van der Waals surface area contributed by atoms with Crippen LogP contribution in [0.2, 0.25) is 5.02 Å². The van der Waals surface area contributed by atoms with E-state index in [1.165, 1.54) is 0 Å². The molecule has 0 unspecified atom stereocenters. The summed E-state index contributed by atoms with van der Waals surface area (Å²) in [5, 5.41) is 0.581. The maximum absolute atomic E-state index is 11.4. The molecule has 0 aromatic heterocycles. The van der Waals surface area contributed by atoms with E-state index in [1.54, 1.807) is 31.2 Å². The molecule has 0 aliphatic heterocycles. The summed E-state index contributed by atoms with van der Waals surface area (Å²) in [6.07, 6.45) is 0.830. The van der Waals surface area contributed by atoms with Crippen LogP contribution in [0.5, 0.6) is 5.75 Å². The first-order valence-electron chi connectivity index (χ1n) is 5.73. The third kappa shape index (κ3) is 5.68. The van der Waals surface area contributed by atoms with Gasteiger partial charge in [0.15, 0.2) is 0 Å². The number of hydrogen-bond donors (Lipinski definition) is 0. The van der Waals surface area contributed by atoms with Crippen molar-refractivity contribution in [3.63, 3.8) is 0 Å². The zero-order chi connectivity index (χ0) is 13.4. The Morgan fingerprint density at radius 3 is 2.33 bits per heavy atom. The van der Waals surface area contributed by atoms with Gasteiger partial charge in [0.1, 0.15) is 5.75 Å². The topological polar surface area (TPSA) is 52.6 Å². The molecule has 0 atom stereocenters. The van der Waals surface area contributed by atoms with Crippen molar-refractivity contribution in [2.45, 2.75) is 26.2 Å². The Hall–Kier alpha value is -1.55. The van der Waals surface area contributed by atoms with Crippen LogP contribution in [0.25, 0.3) is 0 Å². The SMILES string of the molecule is CCOC(=O)CCCC(=O)Oc1ccc(Cl)cc1. The highest BCUT2D eigenvalue weighted by atomic mass is 35.5. The molecule has 0 N–H and O–H groups in total. The van der Waals surface area contributed by atoms with Crippen LogP contribution in [-0.2, 0) is 14.3 Å². The van der Waals surface area contributed by atoms with Gasteiger partial charge in [-0.1, -0.05) is 11.6 Å². The van der Waals surface area contributed by atoms with Crippen LogP contribution in [-0.4, -0.2) is 18.5 Å². The van der Waals surface area contributed by atoms with Crippen LogP contribution in [0.1, 0.15) is 26.2 Å². The molecule has 1 aromatic carbocycles. The van der Waals surface area contributed by atoms with E-state index in [-0.39, 0.29) is 24.8 Å². The van der Waals surface area contributed by atoms with Gasteiger partial charge in [0.05, 0.1) is 6.61 Å². The minimum Gasteiger partial charge on any atom is -0.466 e. The molecule has 0 aliphatic rings. The van der Waals surface area contributed by atoms with Crippen molar-refractivity contribution in [2.24, 2.45) is 0 Å². The lowest BCUT2D eigenvalue weighted by Crippen LogP contribution is -2.10. The fourth-order valence-corrected chi connectivity index (χ4v) is 1.42. The minimum absolute atomic E-state index is 0.182. The molecule has 0 aliphatic carbocycles. The Morgan fingerprint density at radius 1 is 1.11 bits per heavy atom. The lowest BCUT2D eigenvalue weighted by atomic mass is 10.2. The fourth-order valence-electron chi connectivity index (χ4n) is 1.30. The summed E-state index contributed by atoms with van der Waals surface area (Å²) in [5.74, 6) is -0.223. The Labute approximate surface area is 111 Å². The van der Waals surface area contributed by atoms with Crippen molar-refractivity contribution < 1.29 is 19.1 Å². The highest BCUT2D eigenvalue weighted by molar-refractivity contribution is 6.30. The number of rotatable bonds is 6. The zero-order valence-corrected chi connectivity index (χ0v) is 10.9. The standard InChI is InChI=1S/C13H15ClO4/c1-2-17-12(15)4-3-5-13(16)18-11-8-6-10(14)7-9-11/h6-9H,2-5H2,1H3. The molecule has 0 saturated carbocycles. The first kappa shape index (κ1) is 14.5. The van der Waals surface area contributed by atoms with E-state index in [0.717, 1.165) is 0 Å². The summed E-state index contributed by atoms with van der Waals surface area (Å²) < 4.78 is 9.81. The monoisotopic (exact) mass is 270 g/mol. The van der Waals surface area contributed by atoms with Crippen LogP contribution in [0.15, 0.2) is 24.3 Å². The highest BCUT2D eigenvalue weighted by Gasteiger charge is 2.07. The molecule has 0 amide bonds. The largest absolute Gasteiger partial charge is 0.466 e. The van der Waals surface area contributed by atoms with Gasteiger partial charge in [-0.05, 0) is 37.6 Å². The number of esters is 2. The third-order valence-corrected chi connectivity index (χ3v) is 2.36. The molecule has 98 valence electrons. The molecule has 4 nitrogen and oxygen atoms in total. The summed E-state index contributed by atoms with van der Waals surface area (Å²) in [6.45, 7) is 2.10. The smallest absolute Gasteiger partial charge is 0.311 e. The Bertz CT molecular complexity index is 400. The van der Waals surface area contributed by atoms with Crippen LogP contribution >= 0.6 is 11.6 Å². The van der Waals surface area contributed by atoms with Gasteiger partial charge in [0.2, 0.25) is 0 Å². The van der Waals surface area contributed by atoms with E-state index in [0.29, 0.717) is 23.8 Å². The Morgan fingerprint density at radius 2 is 1.72 bits per heavy atom. The van der Waals surface area contributed by atoms with Gasteiger partial charge in [-0.25, -0.2) is 0 Å². The van der Waals surface area contributed by atoms with Crippen molar-refractivity contribution in [3.8, 4) is 5.75 Å². The zero-order valence-electron chi connectivity index (χ0n) is 10.1. The molecule has 0 heterocycles. The molecule has 0 spiro atoms. The fraction of sp³-hybridized carbons (Fsp3) is 0.385. The third-order valence-electron chi connectivity index (χ3n) is 2.11. The lowest BCUT2D eigenvalue weighted by molar-refractivity contribution is -0.143. The van der Waals surface area contributed by atoms with E-state index in [1.807, 2.05) is 0 Å². The second-order valence-corrected chi connectivity index (χ2v) is 4.02. The van der Waals surface area contributed by atoms with Gasteiger partial charge < -0.3 is 9.47 Å². The number of ether oxygens (including phenoxy) is 2. The van der Waals surface area contributed by atoms with Gasteiger partial charge >= 0.3 is 11.9 Å². The van der Waals surface area contributed by atoms with E-state index in [9.17, 15) is 9.59 Å². The summed E-state index contributed by atoms with van der Waals surface area (Å²) >= 11 is 5.70. The molecule has 1 aromatic rings. The summed E-state index contributed by atoms with van der Waals surface area (Å²) in [4.78, 5) is 22.5. The highest BCUT2D eigenvalue weighted by Crippen LogP contribution is 2.16. The first-order valence-corrected chi connectivity index (χ1v) is 6.11. The molecule has 0 saturated heterocycles. The molecular weight excluding hydrogens is 256 g/mol. The first-order chi connectivity index (χ1) is 8.61. The van der Waals surface area contributed by atoms with Gasteiger partial charge in [0, 0.05) is 17.9 Å². The van der Waals surface area contributed by atoms with Crippen molar-refractivity contribution >= 4 is 23.5 Å². The van der Waals surface area contributed by atoms with Gasteiger partial charge in [0.25, 0.3) is 0 Å². The van der Waals surface area contributed by atoms with Crippen molar-refractivity contribution in [3.05, 3.63) is 29.3 Å². The van der Waals surface area contributed by atoms with E-state index >= 15 is 0 Å². The average molecular weight is 271 g/mol. The molecule has 0 radical (unpaired) electrons. The molecular formula is C13H15ClO4. The predicted octanol–water partition coefficient (Wildman–Crippen LogP) is 2.98. The van der Waals surface area contributed by atoms with Crippen LogP contribution in [0.3, 0.4) is 0 Å². The van der Waals surface area contributed by atoms with Crippen molar-refractivity contribution in [1.82, 2.24) is 0 Å². The lowest BCUT2D eigenvalue weighted by Gasteiger charge is -2.04. The molecule has 5 heteroatoms. The Kier molecular flexibility index (Phi) is 6.22. The maximum atomic E-state index is 11.4. The second-order valence-electron chi connectivity index (χ2n) is 3.59. The molecule has 1 rings (SSSR count). The number of carbonyl (C=O) groups excluding carboxylic acids is 2. The molecule has 0 bridgehead atoms. The number of halogens is 1. The van der Waals surface area contributed by atoms with Crippen LogP contribution in [0.4, 0.5) is 0 Å². The van der Waals surface area contributed by atoms with Gasteiger partial charge in [-0.2, -0.15) is 0 Å². The van der Waals surface area contributed by atoms with E-state index in [2.05, 4.69) is 0 Å². The predicted molar refractivity (Wildman–Crippen MR) is 67.6 cm³/mol. The number of benzene rings is 1. The van der Waals surface area contributed by atoms with Crippen molar-refractivity contribution in [2.75, 3.05) is 6.61 Å². The van der Waals surface area contributed by atoms with Gasteiger partial charge in [-0.15, -0.1) is 0 Å².